The molecule has 0 spiro atoms. The zero-order valence-corrected chi connectivity index (χ0v) is 10.0. The number of fused-ring (bicyclic) bond motifs is 1. The Morgan fingerprint density at radius 1 is 1.35 bits per heavy atom. The molecule has 1 aliphatic carbocycles. The Hall–Kier alpha value is -1.11. The average molecular weight is 243 g/mol. The third kappa shape index (κ3) is 2.43. The first kappa shape index (κ1) is 12.3. The van der Waals surface area contributed by atoms with Gasteiger partial charge in [-0.3, -0.25) is 0 Å². The number of hydrogen-bond donors (Lipinski definition) is 2. The lowest BCUT2D eigenvalue weighted by Gasteiger charge is -2.30. The molecule has 1 fully saturated rings. The fourth-order valence-corrected chi connectivity index (χ4v) is 2.14. The van der Waals surface area contributed by atoms with Crippen LogP contribution < -0.4 is 5.32 Å². The van der Waals surface area contributed by atoms with Crippen LogP contribution in [0.5, 0.6) is 0 Å². The average Bonchev–Trinajstić information content (AvgIpc) is 2.59. The van der Waals surface area contributed by atoms with E-state index >= 15 is 0 Å². The second kappa shape index (κ2) is 4.29. The number of aliphatic hydroxyl groups is 1. The van der Waals surface area contributed by atoms with Gasteiger partial charge in [0.15, 0.2) is 5.79 Å². The number of nitrogens with one attached hydrogen (secondary N) is 1. The summed E-state index contributed by atoms with van der Waals surface area (Å²) in [6, 6.07) is -0.363. The van der Waals surface area contributed by atoms with Crippen molar-refractivity contribution in [2.75, 3.05) is 7.11 Å². The largest absolute Gasteiger partial charge is 0.453 e. The first-order valence-corrected chi connectivity index (χ1v) is 5.49. The van der Waals surface area contributed by atoms with Gasteiger partial charge in [0.05, 0.1) is 13.2 Å². The van der Waals surface area contributed by atoms with Gasteiger partial charge in [0.1, 0.15) is 18.3 Å². The minimum absolute atomic E-state index is 0.363. The Kier molecular flexibility index (Phi) is 3.11. The molecule has 0 radical (unpaired) electrons. The highest BCUT2D eigenvalue weighted by molar-refractivity contribution is 5.67. The smallest absolute Gasteiger partial charge is 0.407 e. The van der Waals surface area contributed by atoms with Crippen molar-refractivity contribution in [2.45, 2.75) is 44.0 Å². The van der Waals surface area contributed by atoms with Crippen LogP contribution in [-0.2, 0) is 14.2 Å². The SMILES string of the molecule is COC(=O)N[C@H]1C=CC(O)[C@@H]2OC(C)(C)O[C@H]12. The second-order valence-corrected chi connectivity index (χ2v) is 4.60. The Labute approximate surface area is 99.5 Å². The van der Waals surface area contributed by atoms with Crippen molar-refractivity contribution < 1.29 is 24.1 Å². The molecule has 96 valence electrons. The van der Waals surface area contributed by atoms with Crippen LogP contribution in [-0.4, -0.2) is 48.5 Å². The minimum Gasteiger partial charge on any atom is -0.453 e. The number of alkyl carbamates (subject to hydrolysis) is 1. The van der Waals surface area contributed by atoms with Gasteiger partial charge in [-0.05, 0) is 13.8 Å². The molecule has 17 heavy (non-hydrogen) atoms. The summed E-state index contributed by atoms with van der Waals surface area (Å²) in [6.45, 7) is 3.54. The van der Waals surface area contributed by atoms with E-state index in [0.717, 1.165) is 0 Å². The second-order valence-electron chi connectivity index (χ2n) is 4.60. The number of aliphatic hydroxyl groups excluding tert-OH is 1. The molecule has 0 aromatic rings. The van der Waals surface area contributed by atoms with E-state index in [0.29, 0.717) is 0 Å². The Balaban J connectivity index is 2.13. The van der Waals surface area contributed by atoms with Gasteiger partial charge in [0.25, 0.3) is 0 Å². The number of carbonyl (C=O) groups is 1. The number of carbonyl (C=O) groups excluding carboxylic acids is 1. The predicted molar refractivity (Wildman–Crippen MR) is 58.3 cm³/mol. The van der Waals surface area contributed by atoms with Crippen molar-refractivity contribution in [1.29, 1.82) is 0 Å². The van der Waals surface area contributed by atoms with Crippen LogP contribution in [0.15, 0.2) is 12.2 Å². The number of rotatable bonds is 1. The van der Waals surface area contributed by atoms with Gasteiger partial charge >= 0.3 is 6.09 Å². The summed E-state index contributed by atoms with van der Waals surface area (Å²) in [7, 11) is 1.30. The zero-order chi connectivity index (χ0) is 12.6. The lowest BCUT2D eigenvalue weighted by atomic mass is 9.94. The van der Waals surface area contributed by atoms with Crippen LogP contribution in [0.2, 0.25) is 0 Å². The molecule has 0 aromatic heterocycles. The molecule has 4 atom stereocenters. The number of ether oxygens (including phenoxy) is 3. The first-order chi connectivity index (χ1) is 7.93. The molecule has 1 unspecified atom stereocenters. The van der Waals surface area contributed by atoms with E-state index in [2.05, 4.69) is 10.1 Å². The van der Waals surface area contributed by atoms with E-state index in [9.17, 15) is 9.90 Å². The van der Waals surface area contributed by atoms with Crippen LogP contribution in [0, 0.1) is 0 Å². The molecule has 6 heteroatoms. The molecule has 2 N–H and O–H groups in total. The van der Waals surface area contributed by atoms with Gasteiger partial charge in [0.2, 0.25) is 0 Å². The van der Waals surface area contributed by atoms with Gasteiger partial charge in [-0.1, -0.05) is 12.2 Å². The van der Waals surface area contributed by atoms with Crippen molar-refractivity contribution in [3.63, 3.8) is 0 Å². The van der Waals surface area contributed by atoms with Crippen molar-refractivity contribution in [3.8, 4) is 0 Å². The van der Waals surface area contributed by atoms with Crippen LogP contribution >= 0.6 is 0 Å². The molecule has 2 aliphatic rings. The zero-order valence-electron chi connectivity index (χ0n) is 10.0. The fraction of sp³-hybridized carbons (Fsp3) is 0.727. The van der Waals surface area contributed by atoms with Gasteiger partial charge in [-0.2, -0.15) is 0 Å². The van der Waals surface area contributed by atoms with Crippen LogP contribution in [0.4, 0.5) is 4.79 Å². The molecule has 1 aliphatic heterocycles. The van der Waals surface area contributed by atoms with Crippen molar-refractivity contribution in [1.82, 2.24) is 5.32 Å². The van der Waals surface area contributed by atoms with Gasteiger partial charge in [-0.25, -0.2) is 4.79 Å². The van der Waals surface area contributed by atoms with Crippen LogP contribution in [0.25, 0.3) is 0 Å². The summed E-state index contributed by atoms with van der Waals surface area (Å²) in [4.78, 5) is 11.2. The van der Waals surface area contributed by atoms with E-state index < -0.39 is 30.2 Å². The topological polar surface area (TPSA) is 77.0 Å². The number of amides is 1. The molecule has 0 saturated carbocycles. The predicted octanol–water partition coefficient (Wildman–Crippen LogP) is 0.162. The maximum atomic E-state index is 11.2. The summed E-state index contributed by atoms with van der Waals surface area (Å²) < 4.78 is 15.8. The monoisotopic (exact) mass is 243 g/mol. The lowest BCUT2D eigenvalue weighted by Crippen LogP contribution is -2.51. The van der Waals surface area contributed by atoms with Crippen LogP contribution in [0.3, 0.4) is 0 Å². The molecule has 0 bridgehead atoms. The van der Waals surface area contributed by atoms with E-state index in [-0.39, 0.29) is 6.04 Å². The summed E-state index contributed by atoms with van der Waals surface area (Å²) in [5.74, 6) is -0.765. The first-order valence-electron chi connectivity index (χ1n) is 5.49. The fourth-order valence-electron chi connectivity index (χ4n) is 2.14. The van der Waals surface area contributed by atoms with Crippen LogP contribution in [0.1, 0.15) is 13.8 Å². The Morgan fingerprint density at radius 2 is 2.00 bits per heavy atom. The van der Waals surface area contributed by atoms with E-state index in [1.807, 2.05) is 0 Å². The van der Waals surface area contributed by atoms with Gasteiger partial charge in [0, 0.05) is 0 Å². The molecular weight excluding hydrogens is 226 g/mol. The standard InChI is InChI=1S/C11H17NO5/c1-11(2)16-8-6(12-10(14)15-3)4-5-7(13)9(8)17-11/h4-9,13H,1-3H3,(H,12,14)/t6-,7?,8+,9-/m0/s1. The normalized spacial score (nSPS) is 38.6. The summed E-state index contributed by atoms with van der Waals surface area (Å²) in [6.07, 6.45) is 1.13. The van der Waals surface area contributed by atoms with Gasteiger partial charge < -0.3 is 24.6 Å². The van der Waals surface area contributed by atoms with Crippen molar-refractivity contribution >= 4 is 6.09 Å². The lowest BCUT2D eigenvalue weighted by molar-refractivity contribution is -0.152. The van der Waals surface area contributed by atoms with Crippen molar-refractivity contribution in [3.05, 3.63) is 12.2 Å². The Morgan fingerprint density at radius 3 is 2.65 bits per heavy atom. The molecule has 0 aromatic carbocycles. The quantitative estimate of drug-likeness (QED) is 0.642. The molecule has 6 nitrogen and oxygen atoms in total. The van der Waals surface area contributed by atoms with Gasteiger partial charge in [-0.15, -0.1) is 0 Å². The molecule has 1 heterocycles. The molecule has 1 amide bonds. The molecular formula is C11H17NO5. The summed E-state index contributed by atoms with van der Waals surface area (Å²) in [5.41, 5.74) is 0. The molecule has 1 saturated heterocycles. The van der Waals surface area contributed by atoms with E-state index in [1.54, 1.807) is 26.0 Å². The highest BCUT2D eigenvalue weighted by atomic mass is 16.8. The van der Waals surface area contributed by atoms with E-state index in [1.165, 1.54) is 7.11 Å². The number of methoxy groups -OCH3 is 1. The Bertz CT molecular complexity index is 341. The highest BCUT2D eigenvalue weighted by Gasteiger charge is 2.49. The maximum Gasteiger partial charge on any atom is 0.407 e. The highest BCUT2D eigenvalue weighted by Crippen LogP contribution is 2.34. The third-order valence-corrected chi connectivity index (χ3v) is 2.84. The maximum absolute atomic E-state index is 11.2. The number of hydrogen-bond acceptors (Lipinski definition) is 5. The summed E-state index contributed by atoms with van der Waals surface area (Å²) in [5, 5.41) is 12.4. The van der Waals surface area contributed by atoms with E-state index in [4.69, 9.17) is 9.47 Å². The van der Waals surface area contributed by atoms with Crippen molar-refractivity contribution in [2.24, 2.45) is 0 Å². The third-order valence-electron chi connectivity index (χ3n) is 2.84. The minimum atomic E-state index is -0.765. The summed E-state index contributed by atoms with van der Waals surface area (Å²) >= 11 is 0. The molecule has 2 rings (SSSR count).